The first-order valence-electron chi connectivity index (χ1n) is 8.37. The third-order valence-electron chi connectivity index (χ3n) is 4.24. The fraction of sp³-hybridized carbons (Fsp3) is 0.263. The number of carbonyl (C=O) groups excluding carboxylic acids is 2. The van der Waals surface area contributed by atoms with Gasteiger partial charge in [0.05, 0.1) is 18.7 Å². The fourth-order valence-electron chi connectivity index (χ4n) is 2.87. The van der Waals surface area contributed by atoms with E-state index in [1.807, 2.05) is 0 Å². The monoisotopic (exact) mass is 378 g/mol. The van der Waals surface area contributed by atoms with Crippen LogP contribution in [0.15, 0.2) is 36.4 Å². The van der Waals surface area contributed by atoms with Gasteiger partial charge in [0.25, 0.3) is 0 Å². The first-order chi connectivity index (χ1) is 12.9. The first kappa shape index (κ1) is 18.8. The Labute approximate surface area is 153 Å². The van der Waals surface area contributed by atoms with E-state index in [2.05, 4.69) is 0 Å². The minimum atomic E-state index is -1.03. The number of carbonyl (C=O) groups is 2. The molecule has 1 saturated heterocycles. The van der Waals surface area contributed by atoms with Gasteiger partial charge in [-0.2, -0.15) is 0 Å². The summed E-state index contributed by atoms with van der Waals surface area (Å²) in [5.74, 6) is -3.53. The second kappa shape index (κ2) is 7.69. The third-order valence-corrected chi connectivity index (χ3v) is 4.24. The zero-order chi connectivity index (χ0) is 19.6. The Morgan fingerprint density at radius 3 is 2.30 bits per heavy atom. The molecule has 2 aromatic carbocycles. The minimum absolute atomic E-state index is 0.259. The third kappa shape index (κ3) is 3.89. The van der Waals surface area contributed by atoms with Gasteiger partial charge in [-0.05, 0) is 31.2 Å². The van der Waals surface area contributed by atoms with Crippen LogP contribution in [0.4, 0.5) is 23.7 Å². The van der Waals surface area contributed by atoms with E-state index in [0.717, 1.165) is 0 Å². The van der Waals surface area contributed by atoms with Crippen molar-refractivity contribution >= 4 is 17.7 Å². The number of ether oxygens (including phenoxy) is 1. The molecule has 3 rings (SSSR count). The number of anilines is 1. The van der Waals surface area contributed by atoms with Crippen LogP contribution in [0.1, 0.15) is 22.8 Å². The fourth-order valence-corrected chi connectivity index (χ4v) is 2.87. The number of halogens is 3. The number of amides is 2. The molecule has 0 bridgehead atoms. The average Bonchev–Trinajstić information content (AvgIpc) is 2.99. The molecule has 0 saturated carbocycles. The molecule has 1 fully saturated rings. The van der Waals surface area contributed by atoms with Crippen LogP contribution in [-0.2, 0) is 11.3 Å². The molecule has 1 heterocycles. The van der Waals surface area contributed by atoms with Gasteiger partial charge in [-0.25, -0.2) is 22.8 Å². The largest absolute Gasteiger partial charge is 0.462 e. The van der Waals surface area contributed by atoms with Gasteiger partial charge in [0.1, 0.15) is 17.5 Å². The van der Waals surface area contributed by atoms with Crippen molar-refractivity contribution in [3.05, 3.63) is 65.0 Å². The maximum atomic E-state index is 13.8. The van der Waals surface area contributed by atoms with Gasteiger partial charge in [0.2, 0.25) is 0 Å². The van der Waals surface area contributed by atoms with Crippen molar-refractivity contribution in [2.24, 2.45) is 0 Å². The Bertz CT molecular complexity index is 848. The highest BCUT2D eigenvalue weighted by Gasteiger charge is 2.31. The number of hydrogen-bond acceptors (Lipinski definition) is 3. The standard InChI is InChI=1S/C19H17F3N2O3/c1-2-27-18(25)12-3-5-14(6-4-12)24-8-7-23(19(24)26)11-15-16(21)9-13(20)10-17(15)22/h3-6,9-10H,2,7-8,11H2,1H3. The van der Waals surface area contributed by atoms with Crippen molar-refractivity contribution in [3.8, 4) is 0 Å². The predicted molar refractivity (Wildman–Crippen MR) is 91.9 cm³/mol. The van der Waals surface area contributed by atoms with Crippen molar-refractivity contribution in [3.63, 3.8) is 0 Å². The molecule has 8 heteroatoms. The van der Waals surface area contributed by atoms with Crippen LogP contribution in [0, 0.1) is 17.5 Å². The van der Waals surface area contributed by atoms with Crippen molar-refractivity contribution < 1.29 is 27.5 Å². The van der Waals surface area contributed by atoms with E-state index >= 15 is 0 Å². The maximum Gasteiger partial charge on any atom is 0.338 e. The number of hydrogen-bond donors (Lipinski definition) is 0. The van der Waals surface area contributed by atoms with E-state index in [1.165, 1.54) is 9.80 Å². The summed E-state index contributed by atoms with van der Waals surface area (Å²) in [5.41, 5.74) is 0.555. The van der Waals surface area contributed by atoms with E-state index in [9.17, 15) is 22.8 Å². The van der Waals surface area contributed by atoms with E-state index in [1.54, 1.807) is 31.2 Å². The van der Waals surface area contributed by atoms with E-state index in [4.69, 9.17) is 4.74 Å². The Morgan fingerprint density at radius 1 is 1.07 bits per heavy atom. The topological polar surface area (TPSA) is 49.9 Å². The molecule has 0 aliphatic carbocycles. The van der Waals surface area contributed by atoms with Gasteiger partial charge >= 0.3 is 12.0 Å². The zero-order valence-corrected chi connectivity index (χ0v) is 14.5. The summed E-state index contributed by atoms with van der Waals surface area (Å²) in [7, 11) is 0. The molecule has 0 N–H and O–H groups in total. The number of urea groups is 1. The normalized spacial score (nSPS) is 14.0. The molecule has 2 amide bonds. The minimum Gasteiger partial charge on any atom is -0.462 e. The maximum absolute atomic E-state index is 13.8. The quantitative estimate of drug-likeness (QED) is 0.745. The van der Waals surface area contributed by atoms with Crippen LogP contribution in [0.3, 0.4) is 0 Å². The van der Waals surface area contributed by atoms with E-state index in [0.29, 0.717) is 29.9 Å². The smallest absolute Gasteiger partial charge is 0.338 e. The zero-order valence-electron chi connectivity index (χ0n) is 14.5. The predicted octanol–water partition coefficient (Wildman–Crippen LogP) is 3.72. The molecule has 2 aromatic rings. The van der Waals surface area contributed by atoms with Crippen molar-refractivity contribution in [1.82, 2.24) is 4.90 Å². The number of nitrogens with zero attached hydrogens (tertiary/aromatic N) is 2. The van der Waals surface area contributed by atoms with Crippen LogP contribution in [0.2, 0.25) is 0 Å². The van der Waals surface area contributed by atoms with Gasteiger partial charge in [-0.3, -0.25) is 4.90 Å². The molecule has 142 valence electrons. The summed E-state index contributed by atoms with van der Waals surface area (Å²) in [6.07, 6.45) is 0. The molecule has 0 atom stereocenters. The second-order valence-electron chi connectivity index (χ2n) is 5.97. The highest BCUT2D eigenvalue weighted by atomic mass is 19.1. The Morgan fingerprint density at radius 2 is 1.70 bits per heavy atom. The van der Waals surface area contributed by atoms with Crippen molar-refractivity contribution in [2.45, 2.75) is 13.5 Å². The van der Waals surface area contributed by atoms with Gasteiger partial charge in [-0.1, -0.05) is 0 Å². The summed E-state index contributed by atoms with van der Waals surface area (Å²) < 4.78 is 45.6. The van der Waals surface area contributed by atoms with Crippen LogP contribution in [0.25, 0.3) is 0 Å². The van der Waals surface area contributed by atoms with Crippen molar-refractivity contribution in [1.29, 1.82) is 0 Å². The molecule has 1 aliphatic rings. The lowest BCUT2D eigenvalue weighted by molar-refractivity contribution is 0.0526. The van der Waals surface area contributed by atoms with E-state index < -0.39 is 29.5 Å². The molecular formula is C19H17F3N2O3. The highest BCUT2D eigenvalue weighted by Crippen LogP contribution is 2.24. The average molecular weight is 378 g/mol. The van der Waals surface area contributed by atoms with Gasteiger partial charge in [0, 0.05) is 36.5 Å². The summed E-state index contributed by atoms with van der Waals surface area (Å²) in [6, 6.07) is 7.04. The Balaban J connectivity index is 1.73. The molecule has 0 unspecified atom stereocenters. The lowest BCUT2D eigenvalue weighted by Gasteiger charge is -2.19. The molecule has 5 nitrogen and oxygen atoms in total. The number of rotatable bonds is 5. The molecular weight excluding hydrogens is 361 g/mol. The van der Waals surface area contributed by atoms with Crippen LogP contribution < -0.4 is 4.90 Å². The second-order valence-corrected chi connectivity index (χ2v) is 5.97. The number of benzene rings is 2. The van der Waals surface area contributed by atoms with Gasteiger partial charge < -0.3 is 9.64 Å². The molecule has 27 heavy (non-hydrogen) atoms. The van der Waals surface area contributed by atoms with Gasteiger partial charge in [-0.15, -0.1) is 0 Å². The Hall–Kier alpha value is -3.03. The van der Waals surface area contributed by atoms with Gasteiger partial charge in [0.15, 0.2) is 0 Å². The number of esters is 1. The SMILES string of the molecule is CCOC(=O)c1ccc(N2CCN(Cc3c(F)cc(F)cc3F)C2=O)cc1. The van der Waals surface area contributed by atoms with Crippen molar-refractivity contribution in [2.75, 3.05) is 24.6 Å². The molecule has 0 radical (unpaired) electrons. The summed E-state index contributed by atoms with van der Waals surface area (Å²) in [4.78, 5) is 27.0. The van der Waals surface area contributed by atoms with Crippen LogP contribution in [0.5, 0.6) is 0 Å². The summed E-state index contributed by atoms with van der Waals surface area (Å²) in [5, 5.41) is 0. The molecule has 0 aromatic heterocycles. The lowest BCUT2D eigenvalue weighted by atomic mass is 10.2. The highest BCUT2D eigenvalue weighted by molar-refractivity contribution is 5.95. The first-order valence-corrected chi connectivity index (χ1v) is 8.37. The summed E-state index contributed by atoms with van der Waals surface area (Å²) in [6.45, 7) is 2.25. The lowest BCUT2D eigenvalue weighted by Crippen LogP contribution is -2.32. The van der Waals surface area contributed by atoms with Crippen LogP contribution in [-0.4, -0.2) is 36.6 Å². The summed E-state index contributed by atoms with van der Waals surface area (Å²) >= 11 is 0. The molecule has 1 aliphatic heterocycles. The Kier molecular flexibility index (Phi) is 5.34. The van der Waals surface area contributed by atoms with E-state index in [-0.39, 0.29) is 25.3 Å². The molecule has 0 spiro atoms. The van der Waals surface area contributed by atoms with Crippen LogP contribution >= 0.6 is 0 Å².